The summed E-state index contributed by atoms with van der Waals surface area (Å²) in [6.07, 6.45) is 4.14. The molecule has 2 aromatic carbocycles. The van der Waals surface area contributed by atoms with Gasteiger partial charge in [0, 0.05) is 16.1 Å². The van der Waals surface area contributed by atoms with Crippen molar-refractivity contribution in [3.63, 3.8) is 0 Å². The number of anilines is 1. The van der Waals surface area contributed by atoms with Gasteiger partial charge in [-0.25, -0.2) is 0 Å². The SMILES string of the molecule is CC1(C)c2ccccc2N2CC(=O)N[C@]21/C=C/c1cccc(Cl)c1. The summed E-state index contributed by atoms with van der Waals surface area (Å²) in [5.74, 6) is 0.0494. The van der Waals surface area contributed by atoms with Gasteiger partial charge >= 0.3 is 0 Å². The first kappa shape index (κ1) is 15.3. The number of amides is 1. The van der Waals surface area contributed by atoms with E-state index < -0.39 is 5.66 Å². The molecule has 2 aliphatic rings. The molecule has 4 heteroatoms. The molecule has 0 aliphatic carbocycles. The summed E-state index contributed by atoms with van der Waals surface area (Å²) in [7, 11) is 0. The molecular formula is C20H19ClN2O. The molecule has 0 bridgehead atoms. The van der Waals surface area contributed by atoms with Crippen LogP contribution in [0.15, 0.2) is 54.6 Å². The van der Waals surface area contributed by atoms with Gasteiger partial charge in [-0.3, -0.25) is 4.79 Å². The number of hydrogen-bond acceptors (Lipinski definition) is 2. The molecule has 1 atom stereocenters. The number of nitrogens with one attached hydrogen (secondary N) is 1. The molecule has 1 amide bonds. The van der Waals surface area contributed by atoms with Crippen LogP contribution in [-0.4, -0.2) is 18.1 Å². The average molecular weight is 339 g/mol. The van der Waals surface area contributed by atoms with Gasteiger partial charge in [0.15, 0.2) is 0 Å². The summed E-state index contributed by atoms with van der Waals surface area (Å²) in [6.45, 7) is 4.74. The molecule has 2 aromatic rings. The number of hydrogen-bond donors (Lipinski definition) is 1. The second kappa shape index (κ2) is 5.12. The van der Waals surface area contributed by atoms with E-state index in [9.17, 15) is 4.79 Å². The van der Waals surface area contributed by atoms with Crippen molar-refractivity contribution in [1.82, 2.24) is 5.32 Å². The topological polar surface area (TPSA) is 32.3 Å². The highest BCUT2D eigenvalue weighted by Gasteiger charge is 2.59. The van der Waals surface area contributed by atoms with Crippen molar-refractivity contribution in [1.29, 1.82) is 0 Å². The molecule has 0 radical (unpaired) electrons. The van der Waals surface area contributed by atoms with Gasteiger partial charge in [0.25, 0.3) is 0 Å². The summed E-state index contributed by atoms with van der Waals surface area (Å²) in [5.41, 5.74) is 2.59. The number of carbonyl (C=O) groups is 1. The minimum absolute atomic E-state index is 0.0494. The number of nitrogens with zero attached hydrogens (tertiary/aromatic N) is 1. The first-order chi connectivity index (χ1) is 11.4. The van der Waals surface area contributed by atoms with E-state index >= 15 is 0 Å². The van der Waals surface area contributed by atoms with Crippen molar-refractivity contribution >= 4 is 29.3 Å². The third kappa shape index (κ3) is 2.01. The van der Waals surface area contributed by atoms with Gasteiger partial charge in [-0.2, -0.15) is 0 Å². The van der Waals surface area contributed by atoms with Gasteiger partial charge in [0.2, 0.25) is 5.91 Å². The van der Waals surface area contributed by atoms with Crippen LogP contribution in [0.1, 0.15) is 25.0 Å². The van der Waals surface area contributed by atoms with Gasteiger partial charge in [-0.1, -0.05) is 61.9 Å². The monoisotopic (exact) mass is 338 g/mol. The van der Waals surface area contributed by atoms with Crippen molar-refractivity contribution in [2.75, 3.05) is 11.4 Å². The molecule has 0 saturated carbocycles. The number of halogens is 1. The number of benzene rings is 2. The Morgan fingerprint density at radius 1 is 1.17 bits per heavy atom. The van der Waals surface area contributed by atoms with Gasteiger partial charge in [0.1, 0.15) is 5.66 Å². The first-order valence-electron chi connectivity index (χ1n) is 8.07. The molecule has 0 aromatic heterocycles. The normalized spacial score (nSPS) is 24.1. The zero-order valence-corrected chi connectivity index (χ0v) is 14.5. The smallest absolute Gasteiger partial charge is 0.241 e. The fourth-order valence-corrected chi connectivity index (χ4v) is 4.17. The Hall–Kier alpha value is -2.26. The van der Waals surface area contributed by atoms with Crippen LogP contribution in [0.5, 0.6) is 0 Å². The highest BCUT2D eigenvalue weighted by Crippen LogP contribution is 2.52. The van der Waals surface area contributed by atoms with Crippen molar-refractivity contribution in [2.45, 2.75) is 24.9 Å². The quantitative estimate of drug-likeness (QED) is 0.898. The lowest BCUT2D eigenvalue weighted by Gasteiger charge is -2.40. The largest absolute Gasteiger partial charge is 0.335 e. The predicted molar refractivity (Wildman–Crippen MR) is 98.2 cm³/mol. The number of carbonyl (C=O) groups excluding carboxylic acids is 1. The van der Waals surface area contributed by atoms with E-state index in [1.165, 1.54) is 5.56 Å². The Labute approximate surface area is 146 Å². The van der Waals surface area contributed by atoms with Crippen LogP contribution in [0.2, 0.25) is 5.02 Å². The number of rotatable bonds is 2. The third-order valence-electron chi connectivity index (χ3n) is 5.24. The van der Waals surface area contributed by atoms with E-state index in [0.29, 0.717) is 11.6 Å². The van der Waals surface area contributed by atoms with Gasteiger partial charge < -0.3 is 10.2 Å². The zero-order valence-electron chi connectivity index (χ0n) is 13.7. The summed E-state index contributed by atoms with van der Waals surface area (Å²) in [6, 6.07) is 16.0. The van der Waals surface area contributed by atoms with Crippen LogP contribution in [-0.2, 0) is 10.2 Å². The van der Waals surface area contributed by atoms with E-state index in [1.54, 1.807) is 0 Å². The summed E-state index contributed by atoms with van der Waals surface area (Å²) < 4.78 is 0. The second-order valence-corrected chi connectivity index (χ2v) is 7.37. The zero-order chi connectivity index (χ0) is 16.9. The van der Waals surface area contributed by atoms with Crippen LogP contribution in [0.25, 0.3) is 6.08 Å². The van der Waals surface area contributed by atoms with Crippen LogP contribution in [0.3, 0.4) is 0 Å². The molecule has 0 unspecified atom stereocenters. The molecule has 24 heavy (non-hydrogen) atoms. The van der Waals surface area contributed by atoms with E-state index in [4.69, 9.17) is 11.6 Å². The predicted octanol–water partition coefficient (Wildman–Crippen LogP) is 3.98. The van der Waals surface area contributed by atoms with Gasteiger partial charge in [0.05, 0.1) is 6.54 Å². The molecule has 1 fully saturated rings. The Bertz CT molecular complexity index is 858. The van der Waals surface area contributed by atoms with E-state index in [-0.39, 0.29) is 11.3 Å². The summed E-state index contributed by atoms with van der Waals surface area (Å²) in [4.78, 5) is 14.4. The lowest BCUT2D eigenvalue weighted by molar-refractivity contribution is -0.118. The lowest BCUT2D eigenvalue weighted by atomic mass is 9.75. The van der Waals surface area contributed by atoms with Crippen molar-refractivity contribution in [2.24, 2.45) is 0 Å². The molecular weight excluding hydrogens is 320 g/mol. The second-order valence-electron chi connectivity index (χ2n) is 6.93. The number of fused-ring (bicyclic) bond motifs is 3. The van der Waals surface area contributed by atoms with Gasteiger partial charge in [-0.15, -0.1) is 0 Å². The highest BCUT2D eigenvalue weighted by atomic mass is 35.5. The van der Waals surface area contributed by atoms with Crippen molar-refractivity contribution in [3.8, 4) is 0 Å². The van der Waals surface area contributed by atoms with E-state index in [0.717, 1.165) is 11.3 Å². The lowest BCUT2D eigenvalue weighted by Crippen LogP contribution is -2.58. The summed E-state index contributed by atoms with van der Waals surface area (Å²) >= 11 is 6.09. The van der Waals surface area contributed by atoms with Crippen molar-refractivity contribution in [3.05, 3.63) is 70.8 Å². The molecule has 2 heterocycles. The highest BCUT2D eigenvalue weighted by molar-refractivity contribution is 6.30. The Kier molecular flexibility index (Phi) is 3.26. The molecule has 1 N–H and O–H groups in total. The fraction of sp³-hybridized carbons (Fsp3) is 0.250. The minimum atomic E-state index is -0.559. The van der Waals surface area contributed by atoms with Gasteiger partial charge in [-0.05, 0) is 35.4 Å². The Morgan fingerprint density at radius 2 is 1.96 bits per heavy atom. The molecule has 122 valence electrons. The van der Waals surface area contributed by atoms with Crippen LogP contribution in [0, 0.1) is 0 Å². The standard InChI is InChI=1S/C20H19ClN2O/c1-19(2)16-8-3-4-9-17(16)23-13-18(24)22-20(19,23)11-10-14-6-5-7-15(21)12-14/h3-12H,13H2,1-2H3,(H,22,24)/b11-10+/t20-/m1/s1. The van der Waals surface area contributed by atoms with E-state index in [2.05, 4.69) is 48.3 Å². The van der Waals surface area contributed by atoms with Crippen LogP contribution >= 0.6 is 11.6 Å². The van der Waals surface area contributed by atoms with Crippen molar-refractivity contribution < 1.29 is 4.79 Å². The molecule has 3 nitrogen and oxygen atoms in total. The minimum Gasteiger partial charge on any atom is -0.335 e. The Balaban J connectivity index is 1.84. The Morgan fingerprint density at radius 3 is 2.75 bits per heavy atom. The maximum absolute atomic E-state index is 12.2. The van der Waals surface area contributed by atoms with Crippen LogP contribution in [0.4, 0.5) is 5.69 Å². The average Bonchev–Trinajstić information content (AvgIpc) is 2.98. The first-order valence-corrected chi connectivity index (χ1v) is 8.45. The van der Waals surface area contributed by atoms with Crippen LogP contribution < -0.4 is 10.2 Å². The third-order valence-corrected chi connectivity index (χ3v) is 5.48. The molecule has 2 aliphatic heterocycles. The molecule has 1 saturated heterocycles. The number of para-hydroxylation sites is 1. The maximum Gasteiger partial charge on any atom is 0.241 e. The van der Waals surface area contributed by atoms with E-state index in [1.807, 2.05) is 36.4 Å². The molecule has 4 rings (SSSR count). The maximum atomic E-state index is 12.2. The summed E-state index contributed by atoms with van der Waals surface area (Å²) in [5, 5.41) is 3.92. The fourth-order valence-electron chi connectivity index (χ4n) is 3.97. The molecule has 0 spiro atoms.